The molecule has 0 fully saturated rings. The van der Waals surface area contributed by atoms with Crippen molar-refractivity contribution in [1.29, 1.82) is 0 Å². The molecule has 2 atom stereocenters. The van der Waals surface area contributed by atoms with Crippen LogP contribution in [0.25, 0.3) is 0 Å². The van der Waals surface area contributed by atoms with Crippen LogP contribution in [0.5, 0.6) is 5.88 Å². The summed E-state index contributed by atoms with van der Waals surface area (Å²) in [7, 11) is -2.97. The minimum absolute atomic E-state index is 0.241. The first-order chi connectivity index (χ1) is 8.54. The molecule has 1 aromatic rings. The van der Waals surface area contributed by atoms with Gasteiger partial charge in [0.2, 0.25) is 5.88 Å². The molecule has 0 saturated carbocycles. The highest BCUT2D eigenvalue weighted by Gasteiger charge is 2.20. The average molecular weight is 270 g/mol. The zero-order valence-electron chi connectivity index (χ0n) is 10.6. The highest BCUT2D eigenvalue weighted by molar-refractivity contribution is 7.32. The van der Waals surface area contributed by atoms with E-state index < -0.39 is 8.25 Å². The van der Waals surface area contributed by atoms with Crippen LogP contribution in [0, 0.1) is 5.92 Å². The number of nitrogens with zero attached hydrogens (tertiary/aromatic N) is 1. The Morgan fingerprint density at radius 2 is 2.39 bits per heavy atom. The third-order valence-electron chi connectivity index (χ3n) is 3.01. The number of fused-ring (bicyclic) bond motifs is 1. The summed E-state index contributed by atoms with van der Waals surface area (Å²) in [5, 5.41) is 3.48. The van der Waals surface area contributed by atoms with Gasteiger partial charge < -0.3 is 14.7 Å². The molecule has 0 radical (unpaired) electrons. The molecular weight excluding hydrogens is 251 g/mol. The molecule has 0 saturated heterocycles. The van der Waals surface area contributed by atoms with E-state index in [1.54, 1.807) is 6.07 Å². The van der Waals surface area contributed by atoms with Crippen molar-refractivity contribution >= 4 is 8.25 Å². The van der Waals surface area contributed by atoms with Gasteiger partial charge in [0.15, 0.2) is 0 Å². The van der Waals surface area contributed by atoms with Gasteiger partial charge >= 0.3 is 8.25 Å². The largest absolute Gasteiger partial charge is 0.408 e. The first-order valence-electron chi connectivity index (χ1n) is 6.17. The zero-order chi connectivity index (χ0) is 13.1. The molecule has 1 aromatic heterocycles. The molecule has 2 rings (SSSR count). The first kappa shape index (κ1) is 13.5. The van der Waals surface area contributed by atoms with Crippen LogP contribution < -0.4 is 9.84 Å². The van der Waals surface area contributed by atoms with Crippen LogP contribution in [-0.2, 0) is 17.5 Å². The van der Waals surface area contributed by atoms with Gasteiger partial charge in [0.05, 0.1) is 5.69 Å². The van der Waals surface area contributed by atoms with Crippen LogP contribution in [-0.4, -0.2) is 15.9 Å². The topological polar surface area (TPSA) is 71.5 Å². The van der Waals surface area contributed by atoms with Crippen molar-refractivity contribution in [2.45, 2.75) is 39.3 Å². The van der Waals surface area contributed by atoms with Crippen molar-refractivity contribution in [3.8, 4) is 5.88 Å². The normalized spacial score (nSPS) is 20.6. The second kappa shape index (κ2) is 5.83. The lowest BCUT2D eigenvalue weighted by molar-refractivity contribution is 0.385. The van der Waals surface area contributed by atoms with Crippen LogP contribution >= 0.6 is 8.25 Å². The van der Waals surface area contributed by atoms with Crippen molar-refractivity contribution < 1.29 is 14.0 Å². The minimum atomic E-state index is -2.97. The van der Waals surface area contributed by atoms with Gasteiger partial charge in [-0.3, -0.25) is 0 Å². The maximum atomic E-state index is 10.7. The molecule has 0 aliphatic carbocycles. The van der Waals surface area contributed by atoms with Gasteiger partial charge in [0, 0.05) is 25.1 Å². The standard InChI is InChI=1S/C12H19N2O3P/c1-8(2)5-10-6-11-9(7-13-10)3-4-12(14-11)17-18(15)16/h3-4,8,10,13,18H,5-7H2,1-2H3,(H,15,16). The second-order valence-electron chi connectivity index (χ2n) is 5.03. The number of pyridine rings is 1. The summed E-state index contributed by atoms with van der Waals surface area (Å²) in [4.78, 5) is 13.1. The quantitative estimate of drug-likeness (QED) is 0.818. The third kappa shape index (κ3) is 3.55. The predicted octanol–water partition coefficient (Wildman–Crippen LogP) is 1.90. The Labute approximate surface area is 108 Å². The van der Waals surface area contributed by atoms with E-state index in [2.05, 4.69) is 24.1 Å². The van der Waals surface area contributed by atoms with Gasteiger partial charge in [-0.1, -0.05) is 19.9 Å². The van der Waals surface area contributed by atoms with Gasteiger partial charge in [-0.15, -0.1) is 0 Å². The average Bonchev–Trinajstić information content (AvgIpc) is 2.26. The van der Waals surface area contributed by atoms with E-state index in [0.29, 0.717) is 12.0 Å². The van der Waals surface area contributed by atoms with Crippen LogP contribution in [0.2, 0.25) is 0 Å². The SMILES string of the molecule is CC(C)CC1Cc2nc(O[PH](=O)O)ccc2CN1. The van der Waals surface area contributed by atoms with Crippen LogP contribution in [0.15, 0.2) is 12.1 Å². The van der Waals surface area contributed by atoms with E-state index in [4.69, 9.17) is 9.42 Å². The van der Waals surface area contributed by atoms with Crippen molar-refractivity contribution in [3.05, 3.63) is 23.4 Å². The molecular formula is C12H19N2O3P. The van der Waals surface area contributed by atoms with Crippen LogP contribution in [0.4, 0.5) is 0 Å². The van der Waals surface area contributed by atoms with Gasteiger partial charge in [0.1, 0.15) is 0 Å². The Kier molecular flexibility index (Phi) is 4.38. The Bertz CT molecular complexity index is 451. The maximum Gasteiger partial charge on any atom is 0.366 e. The lowest BCUT2D eigenvalue weighted by atomic mass is 9.94. The molecule has 100 valence electrons. The van der Waals surface area contributed by atoms with E-state index in [-0.39, 0.29) is 5.88 Å². The molecule has 5 nitrogen and oxygen atoms in total. The fraction of sp³-hybridized carbons (Fsp3) is 0.583. The Morgan fingerprint density at radius 1 is 1.61 bits per heavy atom. The Balaban J connectivity index is 2.11. The number of rotatable bonds is 4. The number of hydrogen-bond acceptors (Lipinski definition) is 4. The fourth-order valence-electron chi connectivity index (χ4n) is 2.29. The molecule has 0 amide bonds. The molecule has 2 N–H and O–H groups in total. The van der Waals surface area contributed by atoms with Gasteiger partial charge in [-0.25, -0.2) is 9.55 Å². The summed E-state index contributed by atoms with van der Waals surface area (Å²) in [5.74, 6) is 0.878. The smallest absolute Gasteiger partial charge is 0.366 e. The Morgan fingerprint density at radius 3 is 3.06 bits per heavy atom. The van der Waals surface area contributed by atoms with E-state index >= 15 is 0 Å². The summed E-state index contributed by atoms with van der Waals surface area (Å²) < 4.78 is 15.4. The van der Waals surface area contributed by atoms with Crippen molar-refractivity contribution in [3.63, 3.8) is 0 Å². The molecule has 2 unspecified atom stereocenters. The Hall–Kier alpha value is -0.900. The summed E-state index contributed by atoms with van der Waals surface area (Å²) in [6, 6.07) is 3.97. The molecule has 0 aromatic carbocycles. The lowest BCUT2D eigenvalue weighted by Gasteiger charge is -2.26. The maximum absolute atomic E-state index is 10.7. The van der Waals surface area contributed by atoms with E-state index in [0.717, 1.165) is 30.6 Å². The molecule has 0 bridgehead atoms. The molecule has 6 heteroatoms. The van der Waals surface area contributed by atoms with Crippen molar-refractivity contribution in [2.75, 3.05) is 0 Å². The second-order valence-corrected chi connectivity index (χ2v) is 5.77. The fourth-order valence-corrected chi connectivity index (χ4v) is 2.58. The van der Waals surface area contributed by atoms with Gasteiger partial charge in [0.25, 0.3) is 0 Å². The monoisotopic (exact) mass is 270 g/mol. The van der Waals surface area contributed by atoms with Gasteiger partial charge in [-0.2, -0.15) is 0 Å². The summed E-state index contributed by atoms with van der Waals surface area (Å²) >= 11 is 0. The van der Waals surface area contributed by atoms with Crippen LogP contribution in [0.1, 0.15) is 31.5 Å². The highest BCUT2D eigenvalue weighted by Crippen LogP contribution is 2.25. The van der Waals surface area contributed by atoms with Crippen molar-refractivity contribution in [1.82, 2.24) is 10.3 Å². The molecule has 18 heavy (non-hydrogen) atoms. The van der Waals surface area contributed by atoms with E-state index in [9.17, 15) is 4.57 Å². The zero-order valence-corrected chi connectivity index (χ0v) is 11.6. The predicted molar refractivity (Wildman–Crippen MR) is 69.9 cm³/mol. The third-order valence-corrected chi connectivity index (χ3v) is 3.40. The number of nitrogens with one attached hydrogen (secondary N) is 1. The summed E-state index contributed by atoms with van der Waals surface area (Å²) in [6.07, 6.45) is 1.94. The molecule has 1 aliphatic rings. The lowest BCUT2D eigenvalue weighted by Crippen LogP contribution is -2.37. The number of aromatic nitrogens is 1. The highest BCUT2D eigenvalue weighted by atomic mass is 31.1. The van der Waals surface area contributed by atoms with Crippen LogP contribution in [0.3, 0.4) is 0 Å². The van der Waals surface area contributed by atoms with E-state index in [1.807, 2.05) is 6.07 Å². The van der Waals surface area contributed by atoms with E-state index in [1.165, 1.54) is 0 Å². The van der Waals surface area contributed by atoms with Gasteiger partial charge in [-0.05, 0) is 17.9 Å². The summed E-state index contributed by atoms with van der Waals surface area (Å²) in [5.41, 5.74) is 2.11. The number of hydrogen-bond donors (Lipinski definition) is 2. The minimum Gasteiger partial charge on any atom is -0.408 e. The molecule has 2 heterocycles. The molecule has 1 aliphatic heterocycles. The van der Waals surface area contributed by atoms with Crippen molar-refractivity contribution in [2.24, 2.45) is 5.92 Å². The first-order valence-corrected chi connectivity index (χ1v) is 7.44. The summed E-state index contributed by atoms with van der Waals surface area (Å²) in [6.45, 7) is 5.19. The molecule has 0 spiro atoms.